The van der Waals surface area contributed by atoms with E-state index in [4.69, 9.17) is 5.73 Å². The predicted molar refractivity (Wildman–Crippen MR) is 83.8 cm³/mol. The van der Waals surface area contributed by atoms with Gasteiger partial charge in [-0.05, 0) is 31.9 Å². The summed E-state index contributed by atoms with van der Waals surface area (Å²) in [5.41, 5.74) is 6.62. The van der Waals surface area contributed by atoms with Gasteiger partial charge in [-0.3, -0.25) is 4.79 Å². The summed E-state index contributed by atoms with van der Waals surface area (Å²) >= 11 is 1.71. The van der Waals surface area contributed by atoms with Crippen molar-refractivity contribution in [3.63, 3.8) is 0 Å². The molecule has 1 unspecified atom stereocenters. The molecule has 4 nitrogen and oxygen atoms in total. The number of thiazole rings is 1. The number of rotatable bonds is 6. The standard InChI is InChI=1S/C15H21N3OS/c1-11(10-16)18(2)15(19)9-5-8-14-17-12-6-3-4-7-13(12)20-14/h3-4,6-7,11H,5,8-10,16H2,1-2H3. The Morgan fingerprint density at radius 3 is 2.90 bits per heavy atom. The van der Waals surface area contributed by atoms with Crippen LogP contribution in [0.25, 0.3) is 10.2 Å². The van der Waals surface area contributed by atoms with Crippen molar-refractivity contribution in [1.82, 2.24) is 9.88 Å². The molecule has 20 heavy (non-hydrogen) atoms. The summed E-state index contributed by atoms with van der Waals surface area (Å²) in [6.45, 7) is 2.46. The fraction of sp³-hybridized carbons (Fsp3) is 0.467. The third kappa shape index (κ3) is 3.55. The number of benzene rings is 1. The quantitative estimate of drug-likeness (QED) is 0.889. The number of likely N-dealkylation sites (N-methyl/N-ethyl adjacent to an activating group) is 1. The SMILES string of the molecule is CC(CN)N(C)C(=O)CCCc1nc2ccccc2s1. The Hall–Kier alpha value is -1.46. The molecule has 0 bridgehead atoms. The van der Waals surface area contributed by atoms with Crippen LogP contribution >= 0.6 is 11.3 Å². The molecule has 1 amide bonds. The van der Waals surface area contributed by atoms with Gasteiger partial charge in [-0.25, -0.2) is 4.98 Å². The summed E-state index contributed by atoms with van der Waals surface area (Å²) in [7, 11) is 1.82. The minimum absolute atomic E-state index is 0.102. The van der Waals surface area contributed by atoms with E-state index in [2.05, 4.69) is 11.1 Å². The van der Waals surface area contributed by atoms with Crippen LogP contribution in [0.15, 0.2) is 24.3 Å². The van der Waals surface area contributed by atoms with Crippen LogP contribution in [0.5, 0.6) is 0 Å². The molecule has 0 fully saturated rings. The molecule has 1 heterocycles. The van der Waals surface area contributed by atoms with E-state index >= 15 is 0 Å². The maximum atomic E-state index is 12.0. The highest BCUT2D eigenvalue weighted by Gasteiger charge is 2.14. The second-order valence-electron chi connectivity index (χ2n) is 5.02. The van der Waals surface area contributed by atoms with E-state index in [0.29, 0.717) is 13.0 Å². The molecule has 1 aromatic heterocycles. The van der Waals surface area contributed by atoms with E-state index in [0.717, 1.165) is 23.4 Å². The molecule has 0 aliphatic carbocycles. The van der Waals surface area contributed by atoms with Crippen LogP contribution in [0.1, 0.15) is 24.8 Å². The first-order valence-corrected chi connectivity index (χ1v) is 7.73. The van der Waals surface area contributed by atoms with E-state index < -0.39 is 0 Å². The van der Waals surface area contributed by atoms with Crippen molar-refractivity contribution in [3.05, 3.63) is 29.3 Å². The van der Waals surface area contributed by atoms with Gasteiger partial charge in [0, 0.05) is 26.1 Å². The molecule has 0 aliphatic rings. The summed E-state index contributed by atoms with van der Waals surface area (Å²) < 4.78 is 1.21. The smallest absolute Gasteiger partial charge is 0.222 e. The number of amides is 1. The van der Waals surface area contributed by atoms with Crippen LogP contribution in [0.3, 0.4) is 0 Å². The summed E-state index contributed by atoms with van der Waals surface area (Å²) in [5.74, 6) is 0.157. The maximum Gasteiger partial charge on any atom is 0.222 e. The topological polar surface area (TPSA) is 59.2 Å². The summed E-state index contributed by atoms with van der Waals surface area (Å²) in [6, 6.07) is 8.23. The number of hydrogen-bond donors (Lipinski definition) is 1. The predicted octanol–water partition coefficient (Wildman–Crippen LogP) is 2.42. The summed E-state index contributed by atoms with van der Waals surface area (Å²) in [5, 5.41) is 1.11. The van der Waals surface area contributed by atoms with Gasteiger partial charge < -0.3 is 10.6 Å². The number of hydrogen-bond acceptors (Lipinski definition) is 4. The molecule has 0 radical (unpaired) electrons. The molecule has 108 valence electrons. The zero-order chi connectivity index (χ0) is 14.5. The van der Waals surface area contributed by atoms with Crippen molar-refractivity contribution in [3.8, 4) is 0 Å². The van der Waals surface area contributed by atoms with Crippen LogP contribution in [-0.4, -0.2) is 35.4 Å². The van der Waals surface area contributed by atoms with Crippen molar-refractivity contribution < 1.29 is 4.79 Å². The summed E-state index contributed by atoms with van der Waals surface area (Å²) in [4.78, 5) is 18.3. The first-order valence-electron chi connectivity index (χ1n) is 6.92. The molecule has 2 rings (SSSR count). The van der Waals surface area contributed by atoms with Crippen LogP contribution in [0.4, 0.5) is 0 Å². The lowest BCUT2D eigenvalue weighted by molar-refractivity contribution is -0.131. The summed E-state index contributed by atoms with van der Waals surface area (Å²) in [6.07, 6.45) is 2.24. The van der Waals surface area contributed by atoms with Crippen LogP contribution in [0.2, 0.25) is 0 Å². The number of aromatic nitrogens is 1. The normalized spacial score (nSPS) is 12.6. The number of aryl methyl sites for hydroxylation is 1. The molecule has 0 aliphatic heterocycles. The van der Waals surface area contributed by atoms with E-state index in [1.54, 1.807) is 16.2 Å². The zero-order valence-corrected chi connectivity index (χ0v) is 12.8. The van der Waals surface area contributed by atoms with Gasteiger partial charge in [0.15, 0.2) is 0 Å². The van der Waals surface area contributed by atoms with Gasteiger partial charge in [0.25, 0.3) is 0 Å². The lowest BCUT2D eigenvalue weighted by atomic mass is 10.2. The zero-order valence-electron chi connectivity index (χ0n) is 12.0. The maximum absolute atomic E-state index is 12.0. The molecule has 5 heteroatoms. The lowest BCUT2D eigenvalue weighted by Gasteiger charge is -2.23. The Balaban J connectivity index is 1.85. The highest BCUT2D eigenvalue weighted by molar-refractivity contribution is 7.18. The van der Waals surface area contributed by atoms with E-state index in [1.807, 2.05) is 32.2 Å². The molecular weight excluding hydrogens is 270 g/mol. The van der Waals surface area contributed by atoms with Crippen molar-refractivity contribution in [1.29, 1.82) is 0 Å². The highest BCUT2D eigenvalue weighted by atomic mass is 32.1. The van der Waals surface area contributed by atoms with Crippen LogP contribution in [-0.2, 0) is 11.2 Å². The van der Waals surface area contributed by atoms with Gasteiger partial charge in [0.2, 0.25) is 5.91 Å². The minimum Gasteiger partial charge on any atom is -0.342 e. The monoisotopic (exact) mass is 291 g/mol. The Morgan fingerprint density at radius 2 is 2.20 bits per heavy atom. The number of para-hydroxylation sites is 1. The van der Waals surface area contributed by atoms with Crippen molar-refractivity contribution in [2.75, 3.05) is 13.6 Å². The van der Waals surface area contributed by atoms with Gasteiger partial charge in [-0.1, -0.05) is 12.1 Å². The largest absolute Gasteiger partial charge is 0.342 e. The van der Waals surface area contributed by atoms with Crippen molar-refractivity contribution in [2.45, 2.75) is 32.2 Å². The first-order chi connectivity index (χ1) is 9.61. The molecular formula is C15H21N3OS. The molecule has 0 spiro atoms. The average Bonchev–Trinajstić information content (AvgIpc) is 2.88. The van der Waals surface area contributed by atoms with Gasteiger partial charge in [0.05, 0.1) is 15.2 Å². The second-order valence-corrected chi connectivity index (χ2v) is 6.13. The third-order valence-corrected chi connectivity index (χ3v) is 4.61. The molecule has 2 N–H and O–H groups in total. The van der Waals surface area contributed by atoms with Crippen molar-refractivity contribution in [2.24, 2.45) is 5.73 Å². The molecule has 1 atom stereocenters. The highest BCUT2D eigenvalue weighted by Crippen LogP contribution is 2.22. The van der Waals surface area contributed by atoms with E-state index in [9.17, 15) is 4.79 Å². The van der Waals surface area contributed by atoms with Gasteiger partial charge in [0.1, 0.15) is 0 Å². The Bertz CT molecular complexity index is 548. The molecule has 0 saturated heterocycles. The molecule has 2 aromatic rings. The van der Waals surface area contributed by atoms with E-state index in [-0.39, 0.29) is 11.9 Å². The minimum atomic E-state index is 0.102. The fourth-order valence-corrected chi connectivity index (χ4v) is 3.01. The first kappa shape index (κ1) is 14.9. The van der Waals surface area contributed by atoms with E-state index in [1.165, 1.54) is 4.70 Å². The fourth-order valence-electron chi connectivity index (χ4n) is 2.00. The van der Waals surface area contributed by atoms with Crippen molar-refractivity contribution >= 4 is 27.5 Å². The Morgan fingerprint density at radius 1 is 1.45 bits per heavy atom. The number of nitrogens with two attached hydrogens (primary N) is 1. The number of carbonyl (C=O) groups excluding carboxylic acids is 1. The molecule has 1 aromatic carbocycles. The lowest BCUT2D eigenvalue weighted by Crippen LogP contribution is -2.39. The number of carbonyl (C=O) groups is 1. The van der Waals surface area contributed by atoms with Gasteiger partial charge >= 0.3 is 0 Å². The van der Waals surface area contributed by atoms with Crippen LogP contribution < -0.4 is 5.73 Å². The molecule has 0 saturated carbocycles. The van der Waals surface area contributed by atoms with Gasteiger partial charge in [-0.15, -0.1) is 11.3 Å². The second kappa shape index (κ2) is 6.81. The van der Waals surface area contributed by atoms with Gasteiger partial charge in [-0.2, -0.15) is 0 Å². The van der Waals surface area contributed by atoms with Crippen LogP contribution in [0, 0.1) is 0 Å². The number of fused-ring (bicyclic) bond motifs is 1. The average molecular weight is 291 g/mol. The third-order valence-electron chi connectivity index (χ3n) is 3.52. The number of nitrogens with zero attached hydrogens (tertiary/aromatic N) is 2. The Kier molecular flexibility index (Phi) is 5.09. The Labute approximate surface area is 123 Å².